The summed E-state index contributed by atoms with van der Waals surface area (Å²) in [4.78, 5) is 23.6. The number of hydrogen-bond donors (Lipinski definition) is 1. The molecular formula is C19H21N3O2S. The number of nitrogens with zero attached hydrogens (tertiary/aromatic N) is 2. The second-order valence-corrected chi connectivity index (χ2v) is 7.27. The zero-order chi connectivity index (χ0) is 17.2. The molecule has 130 valence electrons. The van der Waals surface area contributed by atoms with E-state index in [1.54, 1.807) is 7.11 Å². The lowest BCUT2D eigenvalue weighted by Crippen LogP contribution is -2.30. The number of H-pyrrole nitrogens is 1. The minimum atomic E-state index is -0.0592. The largest absolute Gasteiger partial charge is 0.497 e. The number of methoxy groups -OCH3 is 1. The van der Waals surface area contributed by atoms with Gasteiger partial charge in [0.2, 0.25) is 0 Å². The molecule has 1 aliphatic heterocycles. The van der Waals surface area contributed by atoms with Crippen LogP contribution in [0.5, 0.6) is 5.75 Å². The van der Waals surface area contributed by atoms with Crippen LogP contribution in [0.3, 0.4) is 0 Å². The van der Waals surface area contributed by atoms with E-state index in [1.165, 1.54) is 30.6 Å². The highest BCUT2D eigenvalue weighted by atomic mass is 32.1. The molecule has 0 radical (unpaired) electrons. The molecule has 0 spiro atoms. The van der Waals surface area contributed by atoms with Crippen LogP contribution in [0.4, 0.5) is 0 Å². The minimum absolute atomic E-state index is 0.0592. The van der Waals surface area contributed by atoms with E-state index in [4.69, 9.17) is 9.72 Å². The van der Waals surface area contributed by atoms with Crippen molar-refractivity contribution in [2.24, 2.45) is 0 Å². The quantitative estimate of drug-likeness (QED) is 0.776. The third-order valence-corrected chi connectivity index (χ3v) is 5.57. The molecule has 6 heteroatoms. The van der Waals surface area contributed by atoms with Gasteiger partial charge >= 0.3 is 0 Å². The molecule has 0 aliphatic carbocycles. The average Bonchev–Trinajstić information content (AvgIpc) is 3.07. The first kappa shape index (κ1) is 16.3. The molecule has 0 saturated carbocycles. The lowest BCUT2D eigenvalue weighted by molar-refractivity contribution is 0.216. The minimum Gasteiger partial charge on any atom is -0.497 e. The van der Waals surface area contributed by atoms with Crippen LogP contribution >= 0.6 is 11.3 Å². The van der Waals surface area contributed by atoms with Gasteiger partial charge in [0.05, 0.1) is 19.0 Å². The number of rotatable bonds is 4. The molecule has 3 aromatic rings. The molecule has 3 heterocycles. The summed E-state index contributed by atoms with van der Waals surface area (Å²) in [6, 6.07) is 7.77. The Morgan fingerprint density at radius 2 is 2.12 bits per heavy atom. The van der Waals surface area contributed by atoms with Crippen molar-refractivity contribution in [2.75, 3.05) is 20.2 Å². The Hall–Kier alpha value is -2.18. The first-order chi connectivity index (χ1) is 12.2. The topological polar surface area (TPSA) is 58.2 Å². The fraction of sp³-hybridized carbons (Fsp3) is 0.368. The maximum atomic E-state index is 12.7. The van der Waals surface area contributed by atoms with E-state index in [2.05, 4.69) is 9.88 Å². The van der Waals surface area contributed by atoms with E-state index >= 15 is 0 Å². The number of ether oxygens (including phenoxy) is 1. The van der Waals surface area contributed by atoms with Crippen LogP contribution < -0.4 is 10.3 Å². The Balaban J connectivity index is 1.70. The third kappa shape index (κ3) is 3.32. The van der Waals surface area contributed by atoms with Crippen LogP contribution in [0.1, 0.15) is 25.1 Å². The predicted molar refractivity (Wildman–Crippen MR) is 101 cm³/mol. The van der Waals surface area contributed by atoms with Gasteiger partial charge in [0.1, 0.15) is 16.4 Å². The van der Waals surface area contributed by atoms with E-state index in [1.807, 2.05) is 29.6 Å². The van der Waals surface area contributed by atoms with Gasteiger partial charge in [-0.3, -0.25) is 9.69 Å². The van der Waals surface area contributed by atoms with E-state index < -0.39 is 0 Å². The van der Waals surface area contributed by atoms with Gasteiger partial charge in [-0.1, -0.05) is 18.6 Å². The number of thiophene rings is 1. The molecule has 1 aromatic carbocycles. The monoisotopic (exact) mass is 355 g/mol. The van der Waals surface area contributed by atoms with Gasteiger partial charge in [0.25, 0.3) is 5.56 Å². The molecule has 0 amide bonds. The summed E-state index contributed by atoms with van der Waals surface area (Å²) in [5.74, 6) is 1.54. The number of fused-ring (bicyclic) bond motifs is 1. The third-order valence-electron chi connectivity index (χ3n) is 4.70. The maximum Gasteiger partial charge on any atom is 0.260 e. The lowest BCUT2D eigenvalue weighted by Gasteiger charge is -2.25. The van der Waals surface area contributed by atoms with Crippen molar-refractivity contribution in [2.45, 2.75) is 25.8 Å². The Kier molecular flexibility index (Phi) is 4.55. The fourth-order valence-corrected chi connectivity index (χ4v) is 4.37. The fourth-order valence-electron chi connectivity index (χ4n) is 3.40. The predicted octanol–water partition coefficient (Wildman–Crippen LogP) is 3.65. The Morgan fingerprint density at radius 3 is 2.92 bits per heavy atom. The second kappa shape index (κ2) is 6.98. The molecule has 0 atom stereocenters. The summed E-state index contributed by atoms with van der Waals surface area (Å²) in [7, 11) is 1.64. The number of piperidine rings is 1. The lowest BCUT2D eigenvalue weighted by atomic mass is 10.1. The zero-order valence-electron chi connectivity index (χ0n) is 14.2. The van der Waals surface area contributed by atoms with Crippen LogP contribution in [0, 0.1) is 0 Å². The Morgan fingerprint density at radius 1 is 1.28 bits per heavy atom. The summed E-state index contributed by atoms with van der Waals surface area (Å²) in [6.07, 6.45) is 3.76. The summed E-state index contributed by atoms with van der Waals surface area (Å²) in [5, 5.41) is 2.67. The summed E-state index contributed by atoms with van der Waals surface area (Å²) in [5.41, 5.74) is 1.83. The van der Waals surface area contributed by atoms with Crippen LogP contribution in [0.15, 0.2) is 34.4 Å². The number of aromatic nitrogens is 2. The first-order valence-corrected chi connectivity index (χ1v) is 9.50. The van der Waals surface area contributed by atoms with Crippen molar-refractivity contribution in [3.63, 3.8) is 0 Å². The molecule has 1 aliphatic rings. The molecule has 4 rings (SSSR count). The first-order valence-electron chi connectivity index (χ1n) is 8.62. The Labute approximate surface area is 150 Å². The van der Waals surface area contributed by atoms with Crippen LogP contribution in [-0.2, 0) is 6.54 Å². The molecule has 0 bridgehead atoms. The van der Waals surface area contributed by atoms with Gasteiger partial charge in [0, 0.05) is 10.9 Å². The van der Waals surface area contributed by atoms with Gasteiger partial charge in [-0.25, -0.2) is 4.98 Å². The van der Waals surface area contributed by atoms with Crippen LogP contribution in [0.25, 0.3) is 21.3 Å². The van der Waals surface area contributed by atoms with Gasteiger partial charge in [-0.15, -0.1) is 11.3 Å². The van der Waals surface area contributed by atoms with Gasteiger partial charge < -0.3 is 9.72 Å². The molecular weight excluding hydrogens is 334 g/mol. The number of hydrogen-bond acceptors (Lipinski definition) is 5. The highest BCUT2D eigenvalue weighted by molar-refractivity contribution is 7.17. The normalized spacial score (nSPS) is 15.6. The van der Waals surface area contributed by atoms with Crippen LogP contribution in [0.2, 0.25) is 0 Å². The Bertz CT molecular complexity index is 941. The molecule has 5 nitrogen and oxygen atoms in total. The standard InChI is InChI=1S/C19H21N3O2S/c1-24-14-7-5-6-13(10-14)15-12-25-19-17(15)18(23)20-16(21-19)11-22-8-3-2-4-9-22/h5-7,10,12H,2-4,8-9,11H2,1H3,(H,20,21,23). The van der Waals surface area contributed by atoms with Crippen molar-refractivity contribution in [3.05, 3.63) is 45.8 Å². The van der Waals surface area contributed by atoms with Gasteiger partial charge in [0.15, 0.2) is 0 Å². The van der Waals surface area contributed by atoms with Crippen molar-refractivity contribution < 1.29 is 4.74 Å². The SMILES string of the molecule is COc1cccc(-c2csc3nc(CN4CCCCC4)[nH]c(=O)c23)c1. The number of likely N-dealkylation sites (tertiary alicyclic amines) is 1. The molecule has 1 saturated heterocycles. The summed E-state index contributed by atoms with van der Waals surface area (Å²) < 4.78 is 5.30. The van der Waals surface area contributed by atoms with E-state index in [0.29, 0.717) is 5.39 Å². The zero-order valence-corrected chi connectivity index (χ0v) is 15.1. The van der Waals surface area contributed by atoms with Crippen LogP contribution in [-0.4, -0.2) is 35.1 Å². The number of nitrogens with one attached hydrogen (secondary N) is 1. The molecule has 1 fully saturated rings. The maximum absolute atomic E-state index is 12.7. The molecule has 0 unspecified atom stereocenters. The van der Waals surface area contributed by atoms with E-state index in [-0.39, 0.29) is 5.56 Å². The smallest absolute Gasteiger partial charge is 0.260 e. The highest BCUT2D eigenvalue weighted by Gasteiger charge is 2.16. The van der Waals surface area contributed by atoms with Crippen molar-refractivity contribution in [1.82, 2.24) is 14.9 Å². The van der Waals surface area contributed by atoms with Crippen molar-refractivity contribution >= 4 is 21.6 Å². The van der Waals surface area contributed by atoms with E-state index in [0.717, 1.165) is 47.2 Å². The van der Waals surface area contributed by atoms with Gasteiger partial charge in [-0.2, -0.15) is 0 Å². The summed E-state index contributed by atoms with van der Waals surface area (Å²) in [6.45, 7) is 2.89. The molecule has 2 aromatic heterocycles. The number of benzene rings is 1. The number of aromatic amines is 1. The van der Waals surface area contributed by atoms with Gasteiger partial charge in [-0.05, 0) is 43.6 Å². The van der Waals surface area contributed by atoms with Crippen molar-refractivity contribution in [1.29, 1.82) is 0 Å². The van der Waals surface area contributed by atoms with Crippen molar-refractivity contribution in [3.8, 4) is 16.9 Å². The molecule has 1 N–H and O–H groups in total. The summed E-state index contributed by atoms with van der Waals surface area (Å²) >= 11 is 1.52. The average molecular weight is 355 g/mol. The van der Waals surface area contributed by atoms with E-state index in [9.17, 15) is 4.79 Å². The highest BCUT2D eigenvalue weighted by Crippen LogP contribution is 2.32. The second-order valence-electron chi connectivity index (χ2n) is 6.41. The molecule has 25 heavy (non-hydrogen) atoms.